The second kappa shape index (κ2) is 8.27. The number of esters is 1. The second-order valence-electron chi connectivity index (χ2n) is 6.15. The Kier molecular flexibility index (Phi) is 5.82. The second-order valence-corrected chi connectivity index (χ2v) is 7.10. The number of aromatic nitrogens is 2. The molecule has 138 valence electrons. The van der Waals surface area contributed by atoms with Gasteiger partial charge in [-0.1, -0.05) is 6.07 Å². The molecule has 1 unspecified atom stereocenters. The normalized spacial score (nSPS) is 17.1. The lowest BCUT2D eigenvalue weighted by atomic mass is 9.98. The van der Waals surface area contributed by atoms with Gasteiger partial charge < -0.3 is 9.64 Å². The van der Waals surface area contributed by atoms with Crippen LogP contribution in [0.4, 0.5) is 0 Å². The van der Waals surface area contributed by atoms with E-state index in [2.05, 4.69) is 4.98 Å². The van der Waals surface area contributed by atoms with Crippen LogP contribution in [0.25, 0.3) is 10.6 Å². The van der Waals surface area contributed by atoms with Gasteiger partial charge in [-0.25, -0.2) is 4.98 Å². The van der Waals surface area contributed by atoms with E-state index in [0.717, 1.165) is 17.7 Å². The predicted octanol–water partition coefficient (Wildman–Crippen LogP) is 1.77. The van der Waals surface area contributed by atoms with Gasteiger partial charge in [0.2, 0.25) is 5.91 Å². The lowest BCUT2D eigenvalue weighted by molar-refractivity contribution is -0.151. The molecule has 2 aromatic rings. The predicted molar refractivity (Wildman–Crippen MR) is 97.7 cm³/mol. The van der Waals surface area contributed by atoms with Crippen molar-refractivity contribution >= 4 is 23.2 Å². The molecule has 1 fully saturated rings. The Labute approximate surface area is 155 Å². The van der Waals surface area contributed by atoms with Crippen molar-refractivity contribution in [1.82, 2.24) is 14.5 Å². The Morgan fingerprint density at radius 3 is 2.96 bits per heavy atom. The van der Waals surface area contributed by atoms with Gasteiger partial charge in [0.25, 0.3) is 5.56 Å². The molecular formula is C18H21N3O4S. The Morgan fingerprint density at radius 2 is 2.27 bits per heavy atom. The first kappa shape index (κ1) is 18.3. The lowest BCUT2D eigenvalue weighted by Crippen LogP contribution is -2.44. The highest BCUT2D eigenvalue weighted by atomic mass is 32.1. The summed E-state index contributed by atoms with van der Waals surface area (Å²) in [4.78, 5) is 43.6. The van der Waals surface area contributed by atoms with E-state index in [1.807, 2.05) is 17.5 Å². The first-order valence-corrected chi connectivity index (χ1v) is 9.51. The minimum Gasteiger partial charge on any atom is -0.466 e. The molecule has 26 heavy (non-hydrogen) atoms. The molecule has 3 rings (SSSR count). The van der Waals surface area contributed by atoms with Gasteiger partial charge in [0.05, 0.1) is 29.4 Å². The number of carbonyl (C=O) groups excluding carboxylic acids is 2. The third-order valence-corrected chi connectivity index (χ3v) is 5.25. The topological polar surface area (TPSA) is 81.5 Å². The minimum atomic E-state index is -0.288. The van der Waals surface area contributed by atoms with Crippen molar-refractivity contribution in [1.29, 1.82) is 0 Å². The highest BCUT2D eigenvalue weighted by Gasteiger charge is 2.29. The SMILES string of the molecule is CCOC(=O)C1CCCN(C(=O)Cn2cnc(-c3cccs3)cc2=O)C1. The highest BCUT2D eigenvalue weighted by Crippen LogP contribution is 2.21. The molecule has 0 spiro atoms. The Morgan fingerprint density at radius 1 is 1.42 bits per heavy atom. The van der Waals surface area contributed by atoms with Crippen LogP contribution >= 0.6 is 11.3 Å². The van der Waals surface area contributed by atoms with Crippen LogP contribution in [0.3, 0.4) is 0 Å². The van der Waals surface area contributed by atoms with Crippen molar-refractivity contribution in [3.63, 3.8) is 0 Å². The molecule has 3 heterocycles. The van der Waals surface area contributed by atoms with E-state index in [1.165, 1.54) is 28.3 Å². The van der Waals surface area contributed by atoms with Gasteiger partial charge in [0.1, 0.15) is 6.54 Å². The van der Waals surface area contributed by atoms with Gasteiger partial charge in [-0.3, -0.25) is 19.0 Å². The van der Waals surface area contributed by atoms with Crippen LogP contribution in [0.15, 0.2) is 34.7 Å². The third-order valence-electron chi connectivity index (χ3n) is 4.35. The van der Waals surface area contributed by atoms with Crippen LogP contribution in [0, 0.1) is 5.92 Å². The lowest BCUT2D eigenvalue weighted by Gasteiger charge is -2.31. The van der Waals surface area contributed by atoms with E-state index in [0.29, 0.717) is 25.4 Å². The number of ether oxygens (including phenoxy) is 1. The molecule has 1 atom stereocenters. The number of thiophene rings is 1. The monoisotopic (exact) mass is 375 g/mol. The molecule has 0 bridgehead atoms. The van der Waals surface area contributed by atoms with Gasteiger partial charge in [0, 0.05) is 19.2 Å². The highest BCUT2D eigenvalue weighted by molar-refractivity contribution is 7.13. The maximum Gasteiger partial charge on any atom is 0.310 e. The van der Waals surface area contributed by atoms with Gasteiger partial charge in [0.15, 0.2) is 0 Å². The summed E-state index contributed by atoms with van der Waals surface area (Å²) in [5.41, 5.74) is 0.338. The summed E-state index contributed by atoms with van der Waals surface area (Å²) in [6.45, 7) is 2.95. The number of piperidine rings is 1. The van der Waals surface area contributed by atoms with Gasteiger partial charge in [-0.2, -0.15) is 0 Å². The van der Waals surface area contributed by atoms with Crippen molar-refractivity contribution in [3.8, 4) is 10.6 Å². The summed E-state index contributed by atoms with van der Waals surface area (Å²) in [5.74, 6) is -0.736. The zero-order chi connectivity index (χ0) is 18.5. The van der Waals surface area contributed by atoms with Crippen molar-refractivity contribution in [3.05, 3.63) is 40.3 Å². The Balaban J connectivity index is 1.66. The molecule has 1 saturated heterocycles. The third kappa shape index (κ3) is 4.19. The summed E-state index contributed by atoms with van der Waals surface area (Å²) in [6.07, 6.45) is 2.88. The average Bonchev–Trinajstić information content (AvgIpc) is 3.18. The Bertz CT molecular complexity index is 831. The van der Waals surface area contributed by atoms with Gasteiger partial charge >= 0.3 is 5.97 Å². The fourth-order valence-electron chi connectivity index (χ4n) is 3.01. The number of rotatable bonds is 5. The summed E-state index contributed by atoms with van der Waals surface area (Å²) >= 11 is 1.50. The van der Waals surface area contributed by atoms with E-state index < -0.39 is 0 Å². The molecular weight excluding hydrogens is 354 g/mol. The van der Waals surface area contributed by atoms with Crippen LogP contribution in [0.2, 0.25) is 0 Å². The summed E-state index contributed by atoms with van der Waals surface area (Å²) < 4.78 is 6.35. The number of likely N-dealkylation sites (tertiary alicyclic amines) is 1. The van der Waals surface area contributed by atoms with E-state index in [1.54, 1.807) is 11.8 Å². The average molecular weight is 375 g/mol. The molecule has 1 aliphatic heterocycles. The largest absolute Gasteiger partial charge is 0.466 e. The van der Waals surface area contributed by atoms with Gasteiger partial charge in [-0.05, 0) is 31.2 Å². The molecule has 0 saturated carbocycles. The van der Waals surface area contributed by atoms with E-state index in [-0.39, 0.29) is 29.9 Å². The number of hydrogen-bond acceptors (Lipinski definition) is 6. The molecule has 0 radical (unpaired) electrons. The molecule has 2 aromatic heterocycles. The van der Waals surface area contributed by atoms with Crippen LogP contribution < -0.4 is 5.56 Å². The smallest absolute Gasteiger partial charge is 0.310 e. The fourth-order valence-corrected chi connectivity index (χ4v) is 3.70. The fraction of sp³-hybridized carbons (Fsp3) is 0.444. The molecule has 8 heteroatoms. The molecule has 7 nitrogen and oxygen atoms in total. The van der Waals surface area contributed by atoms with Crippen LogP contribution in [0.1, 0.15) is 19.8 Å². The number of amides is 1. The van der Waals surface area contributed by atoms with E-state index in [4.69, 9.17) is 4.74 Å². The molecule has 0 aliphatic carbocycles. The maximum atomic E-state index is 12.5. The van der Waals surface area contributed by atoms with E-state index >= 15 is 0 Å². The van der Waals surface area contributed by atoms with Crippen molar-refractivity contribution in [2.45, 2.75) is 26.3 Å². The summed E-state index contributed by atoms with van der Waals surface area (Å²) in [5, 5.41) is 1.92. The number of hydrogen-bond donors (Lipinski definition) is 0. The molecule has 0 N–H and O–H groups in total. The Hall–Kier alpha value is -2.48. The van der Waals surface area contributed by atoms with E-state index in [9.17, 15) is 14.4 Å². The van der Waals surface area contributed by atoms with Crippen LogP contribution in [0.5, 0.6) is 0 Å². The number of carbonyl (C=O) groups is 2. The first-order valence-electron chi connectivity index (χ1n) is 8.63. The summed E-state index contributed by atoms with van der Waals surface area (Å²) in [6, 6.07) is 5.23. The summed E-state index contributed by atoms with van der Waals surface area (Å²) in [7, 11) is 0. The quantitative estimate of drug-likeness (QED) is 0.744. The minimum absolute atomic E-state index is 0.0773. The molecule has 1 aliphatic rings. The first-order chi connectivity index (χ1) is 12.6. The van der Waals surface area contributed by atoms with Crippen molar-refractivity contribution in [2.75, 3.05) is 19.7 Å². The standard InChI is InChI=1S/C18H21N3O4S/c1-2-25-18(24)13-5-3-7-20(10-13)17(23)11-21-12-19-14(9-16(21)22)15-6-4-8-26-15/h4,6,8-9,12-13H,2-3,5,7,10-11H2,1H3. The van der Waals surface area contributed by atoms with Gasteiger partial charge in [-0.15, -0.1) is 11.3 Å². The zero-order valence-corrected chi connectivity index (χ0v) is 15.4. The van der Waals surface area contributed by atoms with Crippen LogP contribution in [-0.4, -0.2) is 46.0 Å². The molecule has 0 aromatic carbocycles. The van der Waals surface area contributed by atoms with Crippen molar-refractivity contribution < 1.29 is 14.3 Å². The maximum absolute atomic E-state index is 12.5. The van der Waals surface area contributed by atoms with Crippen LogP contribution in [-0.2, 0) is 20.9 Å². The molecule has 1 amide bonds. The number of nitrogens with zero attached hydrogens (tertiary/aromatic N) is 3. The zero-order valence-electron chi connectivity index (χ0n) is 14.6. The van der Waals surface area contributed by atoms with Crippen molar-refractivity contribution in [2.24, 2.45) is 5.92 Å².